The summed E-state index contributed by atoms with van der Waals surface area (Å²) in [6, 6.07) is 5.11. The number of ether oxygens (including phenoxy) is 1. The van der Waals surface area contributed by atoms with Crippen LogP contribution < -0.4 is 10.0 Å². The van der Waals surface area contributed by atoms with Crippen LogP contribution in [0.3, 0.4) is 0 Å². The smallest absolute Gasteiger partial charge is 0.347 e. The van der Waals surface area contributed by atoms with E-state index in [4.69, 9.17) is 0 Å². The standard InChI is InChI=1S/C21H22F6N4O2S/c22-20(23,24)13-1-2-16(30-34-31-10-14(11-31)33-21(25,26)27)15(9-13)17(32)29-19-6-3-18(12-28,4-7-19)5-8-19/h1-2,9,14,30H,3-8,10-11H2,(H,29,32). The van der Waals surface area contributed by atoms with Gasteiger partial charge in [0.25, 0.3) is 5.91 Å². The van der Waals surface area contributed by atoms with Crippen LogP contribution in [0.5, 0.6) is 0 Å². The zero-order valence-electron chi connectivity index (χ0n) is 17.9. The van der Waals surface area contributed by atoms with Crippen LogP contribution >= 0.6 is 12.1 Å². The molecular weight excluding hydrogens is 486 g/mol. The van der Waals surface area contributed by atoms with E-state index in [0.717, 1.165) is 30.3 Å². The van der Waals surface area contributed by atoms with Crippen molar-refractivity contribution in [2.75, 3.05) is 17.8 Å². The lowest BCUT2D eigenvalue weighted by molar-refractivity contribution is -0.351. The Hall–Kier alpha value is -2.17. The molecule has 13 heteroatoms. The van der Waals surface area contributed by atoms with E-state index in [2.05, 4.69) is 20.8 Å². The Bertz CT molecular complexity index is 962. The topological polar surface area (TPSA) is 77.4 Å². The summed E-state index contributed by atoms with van der Waals surface area (Å²) >= 11 is 0.891. The molecular formula is C21H22F6N4O2S. The molecule has 2 N–H and O–H groups in total. The molecule has 6 nitrogen and oxygen atoms in total. The fourth-order valence-corrected chi connectivity index (χ4v) is 5.59. The highest BCUT2D eigenvalue weighted by atomic mass is 32.2. The Morgan fingerprint density at radius 1 is 1.09 bits per heavy atom. The van der Waals surface area contributed by atoms with Crippen molar-refractivity contribution in [3.8, 4) is 6.07 Å². The normalized spacial score (nSPS) is 27.7. The zero-order chi connectivity index (χ0) is 24.8. The number of rotatable bonds is 6. The van der Waals surface area contributed by atoms with Crippen LogP contribution in [0, 0.1) is 16.7 Å². The average Bonchev–Trinajstić information content (AvgIpc) is 2.75. The summed E-state index contributed by atoms with van der Waals surface area (Å²) < 4.78 is 84.9. The van der Waals surface area contributed by atoms with E-state index in [1.807, 2.05) is 0 Å². The highest BCUT2D eigenvalue weighted by Crippen LogP contribution is 2.52. The van der Waals surface area contributed by atoms with Crippen molar-refractivity contribution >= 4 is 23.7 Å². The van der Waals surface area contributed by atoms with Gasteiger partial charge < -0.3 is 10.0 Å². The van der Waals surface area contributed by atoms with Gasteiger partial charge in [-0.1, -0.05) is 0 Å². The van der Waals surface area contributed by atoms with Gasteiger partial charge >= 0.3 is 12.5 Å². The van der Waals surface area contributed by atoms with Gasteiger partial charge in [-0.2, -0.15) is 18.4 Å². The van der Waals surface area contributed by atoms with Gasteiger partial charge in [-0.15, -0.1) is 13.2 Å². The highest BCUT2D eigenvalue weighted by molar-refractivity contribution is 7.98. The number of hydrogen-bond donors (Lipinski definition) is 2. The second-order valence-corrected chi connectivity index (χ2v) is 10.0. The number of fused-ring (bicyclic) bond motifs is 3. The van der Waals surface area contributed by atoms with Crippen molar-refractivity contribution in [2.45, 2.75) is 62.7 Å². The highest BCUT2D eigenvalue weighted by Gasteiger charge is 2.50. The van der Waals surface area contributed by atoms with E-state index >= 15 is 0 Å². The SMILES string of the molecule is N#CC12CCC(NC(=O)c3cc(C(F)(F)F)ccc3NSN3CC(OC(F)(F)F)C3)(CC1)CC2. The first-order valence-electron chi connectivity index (χ1n) is 10.7. The Morgan fingerprint density at radius 3 is 2.24 bits per heavy atom. The molecule has 1 heterocycles. The first-order valence-corrected chi connectivity index (χ1v) is 11.5. The molecule has 1 aliphatic heterocycles. The zero-order valence-corrected chi connectivity index (χ0v) is 18.7. The number of halogens is 6. The minimum Gasteiger partial charge on any atom is -0.347 e. The third-order valence-corrected chi connectivity index (χ3v) is 7.72. The Labute approximate surface area is 196 Å². The van der Waals surface area contributed by atoms with Crippen LogP contribution in [0.15, 0.2) is 18.2 Å². The molecule has 0 unspecified atom stereocenters. The maximum atomic E-state index is 13.3. The van der Waals surface area contributed by atoms with Gasteiger partial charge in [0.15, 0.2) is 0 Å². The maximum Gasteiger partial charge on any atom is 0.522 e. The number of carbonyl (C=O) groups is 1. The number of anilines is 1. The summed E-state index contributed by atoms with van der Waals surface area (Å²) in [5.41, 5.74) is -2.01. The first-order chi connectivity index (χ1) is 15.8. The number of nitrogens with one attached hydrogen (secondary N) is 2. The summed E-state index contributed by atoms with van der Waals surface area (Å²) in [6.45, 7) is -0.0772. The Balaban J connectivity index is 1.45. The van der Waals surface area contributed by atoms with Crippen LogP contribution in [0.25, 0.3) is 0 Å². The van der Waals surface area contributed by atoms with Gasteiger partial charge in [-0.25, -0.2) is 4.31 Å². The van der Waals surface area contributed by atoms with Gasteiger partial charge in [0, 0.05) is 30.8 Å². The third kappa shape index (κ3) is 5.39. The van der Waals surface area contributed by atoms with Crippen molar-refractivity contribution in [3.63, 3.8) is 0 Å². The molecule has 0 aromatic heterocycles. The van der Waals surface area contributed by atoms with Crippen LogP contribution in [0.2, 0.25) is 0 Å². The van der Waals surface area contributed by atoms with Crippen molar-refractivity contribution in [1.29, 1.82) is 5.26 Å². The summed E-state index contributed by atoms with van der Waals surface area (Å²) in [5.74, 6) is -0.664. The van der Waals surface area contributed by atoms with E-state index in [0.29, 0.717) is 38.5 Å². The van der Waals surface area contributed by atoms with E-state index < -0.39 is 35.7 Å². The van der Waals surface area contributed by atoms with Crippen molar-refractivity contribution < 1.29 is 35.9 Å². The Morgan fingerprint density at radius 2 is 1.71 bits per heavy atom. The van der Waals surface area contributed by atoms with Gasteiger partial charge in [0.1, 0.15) is 0 Å². The minimum absolute atomic E-state index is 0.0386. The molecule has 5 rings (SSSR count). The third-order valence-electron chi connectivity index (χ3n) is 6.85. The average molecular weight is 508 g/mol. The fraction of sp³-hybridized carbons (Fsp3) is 0.619. The van der Waals surface area contributed by atoms with Crippen molar-refractivity contribution in [1.82, 2.24) is 9.62 Å². The van der Waals surface area contributed by atoms with Gasteiger partial charge in [0.05, 0.1) is 34.4 Å². The van der Waals surface area contributed by atoms with E-state index in [9.17, 15) is 36.4 Å². The molecule has 1 aromatic rings. The monoisotopic (exact) mass is 508 g/mol. The number of benzene rings is 1. The number of hydrogen-bond acceptors (Lipinski definition) is 6. The number of nitrogens with zero attached hydrogens (tertiary/aromatic N) is 2. The fourth-order valence-electron chi connectivity index (χ4n) is 4.70. The molecule has 1 aromatic carbocycles. The molecule has 0 atom stereocenters. The quantitative estimate of drug-likeness (QED) is 0.404. The van der Waals surface area contributed by atoms with Gasteiger partial charge in [-0.05, 0) is 56.7 Å². The summed E-state index contributed by atoms with van der Waals surface area (Å²) in [4.78, 5) is 13.1. The molecule has 3 aliphatic carbocycles. The second-order valence-electron chi connectivity index (χ2n) is 9.11. The second kappa shape index (κ2) is 8.80. The van der Waals surface area contributed by atoms with Crippen molar-refractivity contribution in [2.24, 2.45) is 5.41 Å². The lowest BCUT2D eigenvalue weighted by Gasteiger charge is -2.50. The predicted molar refractivity (Wildman–Crippen MR) is 111 cm³/mol. The number of nitriles is 1. The molecule has 3 saturated carbocycles. The molecule has 0 spiro atoms. The molecule has 34 heavy (non-hydrogen) atoms. The van der Waals surface area contributed by atoms with Crippen LogP contribution in [0.4, 0.5) is 32.0 Å². The first kappa shape index (κ1) is 24.9. The van der Waals surface area contributed by atoms with Crippen molar-refractivity contribution in [3.05, 3.63) is 29.3 Å². The minimum atomic E-state index is -4.74. The Kier molecular flexibility index (Phi) is 6.46. The van der Waals surface area contributed by atoms with E-state index in [-0.39, 0.29) is 29.8 Å². The summed E-state index contributed by atoms with van der Waals surface area (Å²) in [6.07, 6.45) is -6.79. The molecule has 4 aliphatic rings. The van der Waals surface area contributed by atoms with Crippen LogP contribution in [-0.2, 0) is 10.9 Å². The summed E-state index contributed by atoms with van der Waals surface area (Å²) in [5, 5.41) is 12.4. The van der Waals surface area contributed by atoms with E-state index in [1.54, 1.807) is 0 Å². The molecule has 2 bridgehead atoms. The van der Waals surface area contributed by atoms with Gasteiger partial charge in [-0.3, -0.25) is 9.53 Å². The van der Waals surface area contributed by atoms with Crippen LogP contribution in [-0.4, -0.2) is 41.3 Å². The molecule has 0 radical (unpaired) electrons. The lowest BCUT2D eigenvalue weighted by Crippen LogP contribution is -2.56. The van der Waals surface area contributed by atoms with E-state index in [1.165, 1.54) is 4.31 Å². The molecule has 1 amide bonds. The van der Waals surface area contributed by atoms with Crippen LogP contribution in [0.1, 0.15) is 54.4 Å². The molecule has 1 saturated heterocycles. The molecule has 4 fully saturated rings. The predicted octanol–water partition coefficient (Wildman–Crippen LogP) is 5.25. The lowest BCUT2D eigenvalue weighted by atomic mass is 9.58. The largest absolute Gasteiger partial charge is 0.522 e. The maximum absolute atomic E-state index is 13.3. The number of carbonyl (C=O) groups excluding carboxylic acids is 1. The summed E-state index contributed by atoms with van der Waals surface area (Å²) in [7, 11) is 0. The number of amides is 1. The van der Waals surface area contributed by atoms with Gasteiger partial charge in [0.2, 0.25) is 0 Å². The molecule has 186 valence electrons. The number of alkyl halides is 6.